The highest BCUT2D eigenvalue weighted by Crippen LogP contribution is 2.41. The fraction of sp³-hybridized carbons (Fsp3) is 0.471. The summed E-state index contributed by atoms with van der Waals surface area (Å²) in [5.74, 6) is 2.49. The van der Waals surface area contributed by atoms with Crippen LogP contribution in [0.1, 0.15) is 80.8 Å². The van der Waals surface area contributed by atoms with Crippen LogP contribution < -0.4 is 14.5 Å². The van der Waals surface area contributed by atoms with Crippen LogP contribution in [0.15, 0.2) is 54.6 Å². The van der Waals surface area contributed by atoms with Crippen LogP contribution in [-0.2, 0) is 0 Å². The SMILES string of the molecule is CCN(CC)Oc1ccc(C)c(C(c2cc(ON(CC)CC)ccc2C)c2cc(ON(CC)CC)ccc2C)c1. The first-order chi connectivity index (χ1) is 19.3. The van der Waals surface area contributed by atoms with Crippen LogP contribution in [0.25, 0.3) is 0 Å². The molecule has 3 aromatic rings. The number of nitrogens with zero attached hydrogens (tertiary/aromatic N) is 3. The second kappa shape index (κ2) is 15.1. The number of hydroxylamine groups is 6. The predicted molar refractivity (Wildman–Crippen MR) is 165 cm³/mol. The molecule has 0 radical (unpaired) electrons. The molecule has 0 saturated heterocycles. The molecule has 0 saturated carbocycles. The summed E-state index contributed by atoms with van der Waals surface area (Å²) < 4.78 is 0. The molecule has 0 aliphatic carbocycles. The molecule has 218 valence electrons. The average Bonchev–Trinajstić information content (AvgIpc) is 2.97. The highest BCUT2D eigenvalue weighted by molar-refractivity contribution is 5.55. The summed E-state index contributed by atoms with van der Waals surface area (Å²) in [7, 11) is 0. The molecule has 0 spiro atoms. The van der Waals surface area contributed by atoms with Crippen LogP contribution in [0.2, 0.25) is 0 Å². The summed E-state index contributed by atoms with van der Waals surface area (Å²) in [6, 6.07) is 19.3. The minimum atomic E-state index is -0.0410. The van der Waals surface area contributed by atoms with Crippen LogP contribution in [0.3, 0.4) is 0 Å². The third kappa shape index (κ3) is 7.78. The van der Waals surface area contributed by atoms with Gasteiger partial charge in [0.25, 0.3) is 0 Å². The van der Waals surface area contributed by atoms with Crippen molar-refractivity contribution in [3.05, 3.63) is 88.0 Å². The topological polar surface area (TPSA) is 37.4 Å². The molecule has 0 atom stereocenters. The van der Waals surface area contributed by atoms with E-state index in [1.165, 1.54) is 33.4 Å². The zero-order valence-corrected chi connectivity index (χ0v) is 26.1. The Bertz CT molecular complexity index is 1070. The third-order valence-electron chi connectivity index (χ3n) is 7.50. The zero-order valence-electron chi connectivity index (χ0n) is 26.1. The Morgan fingerprint density at radius 2 is 0.700 bits per heavy atom. The van der Waals surface area contributed by atoms with Crippen molar-refractivity contribution in [3.63, 3.8) is 0 Å². The van der Waals surface area contributed by atoms with Crippen LogP contribution >= 0.6 is 0 Å². The van der Waals surface area contributed by atoms with Crippen molar-refractivity contribution >= 4 is 0 Å². The van der Waals surface area contributed by atoms with Crippen molar-refractivity contribution in [2.45, 2.75) is 68.2 Å². The van der Waals surface area contributed by atoms with Gasteiger partial charge in [0.15, 0.2) is 0 Å². The molecule has 3 aromatic carbocycles. The van der Waals surface area contributed by atoms with Gasteiger partial charge in [-0.15, -0.1) is 15.2 Å². The summed E-state index contributed by atoms with van der Waals surface area (Å²) in [6.07, 6.45) is 0. The predicted octanol–water partition coefficient (Wildman–Crippen LogP) is 7.70. The van der Waals surface area contributed by atoms with Crippen molar-refractivity contribution in [3.8, 4) is 17.2 Å². The van der Waals surface area contributed by atoms with Crippen molar-refractivity contribution in [1.82, 2.24) is 15.2 Å². The van der Waals surface area contributed by atoms with E-state index in [1.54, 1.807) is 0 Å². The van der Waals surface area contributed by atoms with Crippen molar-refractivity contribution in [2.75, 3.05) is 39.3 Å². The zero-order chi connectivity index (χ0) is 29.2. The number of rotatable bonds is 15. The van der Waals surface area contributed by atoms with Gasteiger partial charge in [0.2, 0.25) is 0 Å². The summed E-state index contributed by atoms with van der Waals surface area (Å²) in [4.78, 5) is 18.8. The second-order valence-corrected chi connectivity index (χ2v) is 10.1. The molecule has 0 heterocycles. The lowest BCUT2D eigenvalue weighted by molar-refractivity contribution is -0.0488. The Labute approximate surface area is 242 Å². The first-order valence-corrected chi connectivity index (χ1v) is 14.9. The lowest BCUT2D eigenvalue weighted by atomic mass is 9.79. The molecule has 0 N–H and O–H groups in total. The number of benzene rings is 3. The van der Waals surface area contributed by atoms with Gasteiger partial charge in [-0.25, -0.2) is 0 Å². The smallest absolute Gasteiger partial charge is 0.147 e. The van der Waals surface area contributed by atoms with Gasteiger partial charge >= 0.3 is 0 Å². The quantitative estimate of drug-likeness (QED) is 0.143. The molecule has 0 aromatic heterocycles. The molecule has 0 amide bonds. The molecular weight excluding hydrogens is 498 g/mol. The first-order valence-electron chi connectivity index (χ1n) is 14.9. The Morgan fingerprint density at radius 3 is 0.925 bits per heavy atom. The second-order valence-electron chi connectivity index (χ2n) is 10.1. The van der Waals surface area contributed by atoms with E-state index < -0.39 is 0 Å². The summed E-state index contributed by atoms with van der Waals surface area (Å²) in [5.41, 5.74) is 7.24. The van der Waals surface area contributed by atoms with Crippen LogP contribution in [0, 0.1) is 20.8 Å². The maximum atomic E-state index is 6.27. The van der Waals surface area contributed by atoms with Gasteiger partial charge in [0.05, 0.1) is 0 Å². The molecule has 0 bridgehead atoms. The Morgan fingerprint density at radius 1 is 0.450 bits per heavy atom. The lowest BCUT2D eigenvalue weighted by Gasteiger charge is -2.28. The largest absolute Gasteiger partial charge is 0.406 e. The maximum absolute atomic E-state index is 6.27. The minimum absolute atomic E-state index is 0.0410. The average molecular weight is 548 g/mol. The highest BCUT2D eigenvalue weighted by atomic mass is 16.7. The normalized spacial score (nSPS) is 11.6. The van der Waals surface area contributed by atoms with E-state index in [2.05, 4.69) is 117 Å². The number of hydrogen-bond acceptors (Lipinski definition) is 6. The molecule has 40 heavy (non-hydrogen) atoms. The standard InChI is InChI=1S/C34H49N3O3/c1-10-35(11-2)38-28-19-16-25(7)31(22-28)34(32-23-29(20-17-26(32)8)39-36(12-3)13-4)33-24-30(21-18-27(33)9)40-37(14-5)15-6/h16-24,34H,10-15H2,1-9H3. The monoisotopic (exact) mass is 547 g/mol. The number of aryl methyl sites for hydroxylation is 3. The first kappa shape index (κ1) is 31.5. The van der Waals surface area contributed by atoms with Gasteiger partial charge in [-0.05, 0) is 132 Å². The van der Waals surface area contributed by atoms with Gasteiger partial charge in [-0.1, -0.05) is 18.2 Å². The van der Waals surface area contributed by atoms with Crippen molar-refractivity contribution in [1.29, 1.82) is 0 Å². The minimum Gasteiger partial charge on any atom is -0.406 e. The highest BCUT2D eigenvalue weighted by Gasteiger charge is 2.25. The Balaban J connectivity index is 2.23. The van der Waals surface area contributed by atoms with E-state index in [0.717, 1.165) is 56.5 Å². The fourth-order valence-corrected chi connectivity index (χ4v) is 4.97. The fourth-order valence-electron chi connectivity index (χ4n) is 4.97. The summed E-state index contributed by atoms with van der Waals surface area (Å²) in [5, 5.41) is 5.91. The lowest BCUT2D eigenvalue weighted by Crippen LogP contribution is -2.27. The molecule has 0 unspecified atom stereocenters. The van der Waals surface area contributed by atoms with E-state index in [9.17, 15) is 0 Å². The van der Waals surface area contributed by atoms with Gasteiger partial charge in [0, 0.05) is 45.2 Å². The van der Waals surface area contributed by atoms with Gasteiger partial charge in [-0.3, -0.25) is 0 Å². The Hall–Kier alpha value is -3.06. The van der Waals surface area contributed by atoms with Gasteiger partial charge in [-0.2, -0.15) is 0 Å². The van der Waals surface area contributed by atoms with Crippen molar-refractivity contribution in [2.24, 2.45) is 0 Å². The molecule has 3 rings (SSSR count). The molecule has 6 nitrogen and oxygen atoms in total. The third-order valence-corrected chi connectivity index (χ3v) is 7.50. The molecule has 0 fully saturated rings. The summed E-state index contributed by atoms with van der Waals surface area (Å²) in [6.45, 7) is 24.1. The van der Waals surface area contributed by atoms with E-state index in [0.29, 0.717) is 0 Å². The molecule has 0 aliphatic rings. The molecule has 0 aliphatic heterocycles. The van der Waals surface area contributed by atoms with Crippen molar-refractivity contribution < 1.29 is 14.5 Å². The van der Waals surface area contributed by atoms with E-state index in [-0.39, 0.29) is 5.92 Å². The van der Waals surface area contributed by atoms with E-state index in [1.807, 2.05) is 15.2 Å². The van der Waals surface area contributed by atoms with Crippen LogP contribution in [0.4, 0.5) is 0 Å². The number of hydrogen-bond donors (Lipinski definition) is 0. The van der Waals surface area contributed by atoms with Gasteiger partial charge < -0.3 is 14.5 Å². The summed E-state index contributed by atoms with van der Waals surface area (Å²) >= 11 is 0. The molecule has 6 heteroatoms. The maximum Gasteiger partial charge on any atom is 0.147 e. The van der Waals surface area contributed by atoms with Gasteiger partial charge in [0.1, 0.15) is 17.2 Å². The Kier molecular flexibility index (Phi) is 11.9. The molecular formula is C34H49N3O3. The van der Waals surface area contributed by atoms with E-state index >= 15 is 0 Å². The van der Waals surface area contributed by atoms with Crippen LogP contribution in [-0.4, -0.2) is 54.5 Å². The van der Waals surface area contributed by atoms with E-state index in [4.69, 9.17) is 14.5 Å². The van der Waals surface area contributed by atoms with Crippen LogP contribution in [0.5, 0.6) is 17.2 Å².